The SMILES string of the molecule is CCOC(=O)Cn1c(C=O)c(C(=O)OCC)c(C)c1C(=O)OCC. The van der Waals surface area contributed by atoms with Gasteiger partial charge in [0.15, 0.2) is 6.29 Å². The molecule has 0 fully saturated rings. The number of hydrogen-bond donors (Lipinski definition) is 0. The Morgan fingerprint density at radius 2 is 1.50 bits per heavy atom. The monoisotopic (exact) mass is 339 g/mol. The molecule has 0 saturated heterocycles. The van der Waals surface area contributed by atoms with Crippen molar-refractivity contribution in [2.24, 2.45) is 0 Å². The number of aromatic nitrogens is 1. The normalized spacial score (nSPS) is 10.2. The van der Waals surface area contributed by atoms with Gasteiger partial charge in [0.05, 0.1) is 31.1 Å². The van der Waals surface area contributed by atoms with Crippen molar-refractivity contribution < 1.29 is 33.4 Å². The molecule has 0 bridgehead atoms. The Kier molecular flexibility index (Phi) is 7.16. The van der Waals surface area contributed by atoms with E-state index in [1.165, 1.54) is 6.92 Å². The van der Waals surface area contributed by atoms with E-state index in [9.17, 15) is 19.2 Å². The van der Waals surface area contributed by atoms with Crippen LogP contribution in [0, 0.1) is 6.92 Å². The highest BCUT2D eigenvalue weighted by Crippen LogP contribution is 2.24. The third-order valence-electron chi connectivity index (χ3n) is 3.20. The van der Waals surface area contributed by atoms with Gasteiger partial charge in [-0.1, -0.05) is 0 Å². The van der Waals surface area contributed by atoms with Crippen LogP contribution in [0.5, 0.6) is 0 Å². The van der Waals surface area contributed by atoms with E-state index in [1.54, 1.807) is 20.8 Å². The molecule has 0 spiro atoms. The molecule has 0 aliphatic carbocycles. The zero-order valence-corrected chi connectivity index (χ0v) is 14.2. The fourth-order valence-corrected chi connectivity index (χ4v) is 2.31. The van der Waals surface area contributed by atoms with E-state index in [2.05, 4.69) is 0 Å². The Bertz CT molecular complexity index is 645. The highest BCUT2D eigenvalue weighted by molar-refractivity contribution is 6.04. The van der Waals surface area contributed by atoms with Crippen molar-refractivity contribution >= 4 is 24.2 Å². The zero-order valence-electron chi connectivity index (χ0n) is 14.2. The van der Waals surface area contributed by atoms with Gasteiger partial charge in [-0.25, -0.2) is 9.59 Å². The molecule has 8 nitrogen and oxygen atoms in total. The molecule has 0 unspecified atom stereocenters. The van der Waals surface area contributed by atoms with Gasteiger partial charge >= 0.3 is 17.9 Å². The summed E-state index contributed by atoms with van der Waals surface area (Å²) < 4.78 is 15.9. The molecule has 0 amide bonds. The predicted octanol–water partition coefficient (Wildman–Crippen LogP) is 1.53. The van der Waals surface area contributed by atoms with Crippen LogP contribution in [0.2, 0.25) is 0 Å². The lowest BCUT2D eigenvalue weighted by atomic mass is 10.1. The van der Waals surface area contributed by atoms with Gasteiger partial charge in [0.1, 0.15) is 12.2 Å². The fraction of sp³-hybridized carbons (Fsp3) is 0.500. The van der Waals surface area contributed by atoms with Gasteiger partial charge in [0, 0.05) is 0 Å². The summed E-state index contributed by atoms with van der Waals surface area (Å²) in [4.78, 5) is 47.7. The summed E-state index contributed by atoms with van der Waals surface area (Å²) in [6.45, 7) is 6.34. The fourth-order valence-electron chi connectivity index (χ4n) is 2.31. The topological polar surface area (TPSA) is 101 Å². The van der Waals surface area contributed by atoms with E-state index >= 15 is 0 Å². The first-order valence-corrected chi connectivity index (χ1v) is 7.60. The summed E-state index contributed by atoms with van der Waals surface area (Å²) in [6.07, 6.45) is 0.404. The second-order valence-corrected chi connectivity index (χ2v) is 4.68. The zero-order chi connectivity index (χ0) is 18.3. The molecular formula is C16H21NO7. The molecule has 0 aliphatic heterocycles. The highest BCUT2D eigenvalue weighted by atomic mass is 16.5. The number of esters is 3. The molecule has 1 heterocycles. The molecule has 1 aromatic heterocycles. The molecule has 0 aliphatic rings. The van der Waals surface area contributed by atoms with Crippen molar-refractivity contribution in [3.8, 4) is 0 Å². The maximum atomic E-state index is 12.2. The summed E-state index contributed by atoms with van der Waals surface area (Å²) >= 11 is 0. The Balaban J connectivity index is 3.52. The Hall–Kier alpha value is -2.64. The Labute approximate surface area is 139 Å². The van der Waals surface area contributed by atoms with Crippen molar-refractivity contribution in [3.05, 3.63) is 22.5 Å². The lowest BCUT2D eigenvalue weighted by molar-refractivity contribution is -0.143. The van der Waals surface area contributed by atoms with Crippen molar-refractivity contribution in [2.45, 2.75) is 34.2 Å². The van der Waals surface area contributed by atoms with Crippen LogP contribution in [-0.2, 0) is 25.5 Å². The Morgan fingerprint density at radius 1 is 0.958 bits per heavy atom. The number of ether oxygens (including phenoxy) is 3. The van der Waals surface area contributed by atoms with E-state index in [4.69, 9.17) is 14.2 Å². The number of nitrogens with zero attached hydrogens (tertiary/aromatic N) is 1. The number of aldehydes is 1. The van der Waals surface area contributed by atoms with Crippen LogP contribution in [0.25, 0.3) is 0 Å². The van der Waals surface area contributed by atoms with Crippen LogP contribution in [0.15, 0.2) is 0 Å². The van der Waals surface area contributed by atoms with Crippen molar-refractivity contribution in [3.63, 3.8) is 0 Å². The van der Waals surface area contributed by atoms with Gasteiger partial charge < -0.3 is 18.8 Å². The molecular weight excluding hydrogens is 318 g/mol. The second-order valence-electron chi connectivity index (χ2n) is 4.68. The quantitative estimate of drug-likeness (QED) is 0.402. The molecule has 132 valence electrons. The van der Waals surface area contributed by atoms with Crippen LogP contribution in [0.1, 0.15) is 57.7 Å². The van der Waals surface area contributed by atoms with Crippen LogP contribution in [0.4, 0.5) is 0 Å². The largest absolute Gasteiger partial charge is 0.465 e. The van der Waals surface area contributed by atoms with Crippen molar-refractivity contribution in [1.82, 2.24) is 4.57 Å². The summed E-state index contributed by atoms with van der Waals surface area (Å²) in [6, 6.07) is 0. The first-order valence-electron chi connectivity index (χ1n) is 7.60. The summed E-state index contributed by atoms with van der Waals surface area (Å²) in [7, 11) is 0. The van der Waals surface area contributed by atoms with Crippen LogP contribution in [-0.4, -0.2) is 48.6 Å². The number of rotatable bonds is 8. The van der Waals surface area contributed by atoms with Gasteiger partial charge in [-0.2, -0.15) is 0 Å². The minimum absolute atomic E-state index is 0.0462. The third-order valence-corrected chi connectivity index (χ3v) is 3.20. The molecule has 0 N–H and O–H groups in total. The molecule has 0 aromatic carbocycles. The molecule has 8 heteroatoms. The summed E-state index contributed by atoms with van der Waals surface area (Å²) in [5.41, 5.74) is -0.00499. The minimum Gasteiger partial charge on any atom is -0.465 e. The smallest absolute Gasteiger partial charge is 0.355 e. The lowest BCUT2D eigenvalue weighted by Gasteiger charge is -2.10. The van der Waals surface area contributed by atoms with Crippen molar-refractivity contribution in [1.29, 1.82) is 0 Å². The number of hydrogen-bond acceptors (Lipinski definition) is 7. The highest BCUT2D eigenvalue weighted by Gasteiger charge is 2.30. The minimum atomic E-state index is -0.745. The molecule has 1 rings (SSSR count). The van der Waals surface area contributed by atoms with E-state index in [0.717, 1.165) is 4.57 Å². The molecule has 0 saturated carbocycles. The van der Waals surface area contributed by atoms with Gasteiger partial charge in [0.2, 0.25) is 0 Å². The predicted molar refractivity (Wildman–Crippen MR) is 83.1 cm³/mol. The Morgan fingerprint density at radius 3 is 2.00 bits per heavy atom. The van der Waals surface area contributed by atoms with Gasteiger partial charge in [-0.15, -0.1) is 0 Å². The van der Waals surface area contributed by atoms with E-state index < -0.39 is 24.5 Å². The van der Waals surface area contributed by atoms with Crippen molar-refractivity contribution in [2.75, 3.05) is 19.8 Å². The third kappa shape index (κ3) is 4.01. The molecule has 24 heavy (non-hydrogen) atoms. The summed E-state index contributed by atoms with van der Waals surface area (Å²) in [5, 5.41) is 0. The van der Waals surface area contributed by atoms with Gasteiger partial charge in [-0.3, -0.25) is 9.59 Å². The van der Waals surface area contributed by atoms with Crippen LogP contribution >= 0.6 is 0 Å². The summed E-state index contributed by atoms with van der Waals surface area (Å²) in [5.74, 6) is -2.13. The molecule has 0 atom stereocenters. The van der Waals surface area contributed by atoms with E-state index in [-0.39, 0.29) is 42.3 Å². The van der Waals surface area contributed by atoms with E-state index in [0.29, 0.717) is 6.29 Å². The first kappa shape index (κ1) is 19.4. The van der Waals surface area contributed by atoms with Crippen LogP contribution in [0.3, 0.4) is 0 Å². The standard InChI is InChI=1S/C16H21NO7/c1-5-22-12(19)8-17-11(9-18)13(15(20)23-6-2)10(4)14(17)16(21)24-7-3/h9H,5-8H2,1-4H3. The first-order chi connectivity index (χ1) is 11.4. The number of carbonyl (C=O) groups is 4. The van der Waals surface area contributed by atoms with Gasteiger partial charge in [-0.05, 0) is 33.3 Å². The maximum absolute atomic E-state index is 12.2. The van der Waals surface area contributed by atoms with Crippen LogP contribution < -0.4 is 0 Å². The second kappa shape index (κ2) is 8.85. The average molecular weight is 339 g/mol. The molecule has 1 aromatic rings. The van der Waals surface area contributed by atoms with Gasteiger partial charge in [0.25, 0.3) is 0 Å². The average Bonchev–Trinajstić information content (AvgIpc) is 2.79. The maximum Gasteiger partial charge on any atom is 0.355 e. The number of carbonyl (C=O) groups excluding carboxylic acids is 4. The lowest BCUT2D eigenvalue weighted by Crippen LogP contribution is -2.21. The van der Waals surface area contributed by atoms with E-state index in [1.807, 2.05) is 0 Å². The molecule has 0 radical (unpaired) electrons.